The van der Waals surface area contributed by atoms with E-state index in [1.54, 1.807) is 17.7 Å². The molecule has 0 saturated carbocycles. The number of carbonyl (C=O) groups is 1. The zero-order chi connectivity index (χ0) is 22.3. The van der Waals surface area contributed by atoms with Gasteiger partial charge in [-0.05, 0) is 62.4 Å². The highest BCUT2D eigenvalue weighted by Crippen LogP contribution is 2.28. The lowest BCUT2D eigenvalue weighted by atomic mass is 10.3. The molecule has 4 aromatic rings. The molecule has 32 heavy (non-hydrogen) atoms. The zero-order valence-electron chi connectivity index (χ0n) is 18.0. The van der Waals surface area contributed by atoms with Crippen molar-refractivity contribution in [2.24, 2.45) is 0 Å². The van der Waals surface area contributed by atoms with Crippen LogP contribution >= 0.6 is 0 Å². The van der Waals surface area contributed by atoms with E-state index in [-0.39, 0.29) is 12.5 Å². The van der Waals surface area contributed by atoms with Crippen molar-refractivity contribution in [1.29, 1.82) is 0 Å². The number of carbonyl (C=O) groups excluding carboxylic acids is 1. The number of rotatable bonds is 9. The van der Waals surface area contributed by atoms with E-state index < -0.39 is 0 Å². The van der Waals surface area contributed by atoms with Crippen molar-refractivity contribution in [2.45, 2.75) is 20.4 Å². The number of pyridine rings is 1. The van der Waals surface area contributed by atoms with Gasteiger partial charge in [0.1, 0.15) is 12.3 Å². The Bertz CT molecular complexity index is 1200. The smallest absolute Gasteiger partial charge is 0.326 e. The lowest BCUT2D eigenvalue weighted by Crippen LogP contribution is -2.14. The van der Waals surface area contributed by atoms with Crippen LogP contribution in [0.4, 0.5) is 17.2 Å². The van der Waals surface area contributed by atoms with Gasteiger partial charge in [0, 0.05) is 18.4 Å². The number of para-hydroxylation sites is 2. The summed E-state index contributed by atoms with van der Waals surface area (Å²) in [4.78, 5) is 21.0. The second kappa shape index (κ2) is 9.82. The first-order valence-electron chi connectivity index (χ1n) is 10.5. The quantitative estimate of drug-likeness (QED) is 0.362. The fourth-order valence-electron chi connectivity index (χ4n) is 3.31. The number of benzene rings is 2. The molecule has 4 rings (SSSR count). The van der Waals surface area contributed by atoms with E-state index in [2.05, 4.69) is 20.6 Å². The molecule has 0 radical (unpaired) electrons. The van der Waals surface area contributed by atoms with E-state index in [1.807, 2.05) is 67.6 Å². The van der Waals surface area contributed by atoms with Crippen molar-refractivity contribution in [3.63, 3.8) is 0 Å². The van der Waals surface area contributed by atoms with Crippen molar-refractivity contribution in [1.82, 2.24) is 14.5 Å². The number of aromatic nitrogens is 3. The van der Waals surface area contributed by atoms with Crippen LogP contribution in [0.2, 0.25) is 0 Å². The molecule has 2 aromatic heterocycles. The predicted octanol–water partition coefficient (Wildman–Crippen LogP) is 4.96. The highest BCUT2D eigenvalue weighted by Gasteiger charge is 2.16. The Morgan fingerprint density at radius 3 is 2.62 bits per heavy atom. The summed E-state index contributed by atoms with van der Waals surface area (Å²) in [6, 6.07) is 19.3. The standard InChI is InChI=1S/C24H25N5O3/c1-3-25-20-9-7-15-26-23(20)27-17-11-13-18(14-12-17)32-24-28-19-8-5-6-10-21(19)29(24)16-22(30)31-4-2/h5-15,25H,3-4,16H2,1-2H3,(H,26,27). The maximum absolute atomic E-state index is 12.1. The third-order valence-electron chi connectivity index (χ3n) is 4.71. The van der Waals surface area contributed by atoms with Gasteiger partial charge < -0.3 is 20.1 Å². The first-order valence-corrected chi connectivity index (χ1v) is 10.5. The predicted molar refractivity (Wildman–Crippen MR) is 125 cm³/mol. The van der Waals surface area contributed by atoms with E-state index in [0.29, 0.717) is 18.4 Å². The van der Waals surface area contributed by atoms with Crippen LogP contribution in [0.15, 0.2) is 66.9 Å². The second-order valence-corrected chi connectivity index (χ2v) is 6.96. The monoisotopic (exact) mass is 431 g/mol. The van der Waals surface area contributed by atoms with E-state index in [4.69, 9.17) is 9.47 Å². The van der Waals surface area contributed by atoms with E-state index >= 15 is 0 Å². The van der Waals surface area contributed by atoms with Gasteiger partial charge in [-0.15, -0.1) is 0 Å². The Morgan fingerprint density at radius 1 is 1.03 bits per heavy atom. The summed E-state index contributed by atoms with van der Waals surface area (Å²) in [6.07, 6.45) is 1.74. The minimum atomic E-state index is -0.341. The molecule has 0 atom stereocenters. The van der Waals surface area contributed by atoms with Crippen molar-refractivity contribution in [2.75, 3.05) is 23.8 Å². The fraction of sp³-hybridized carbons (Fsp3) is 0.208. The number of anilines is 3. The number of nitrogens with zero attached hydrogens (tertiary/aromatic N) is 3. The van der Waals surface area contributed by atoms with Crippen LogP contribution < -0.4 is 15.4 Å². The van der Waals surface area contributed by atoms with Crippen LogP contribution in [0.5, 0.6) is 11.8 Å². The van der Waals surface area contributed by atoms with Gasteiger partial charge in [-0.1, -0.05) is 12.1 Å². The van der Waals surface area contributed by atoms with Crippen molar-refractivity contribution in [3.8, 4) is 11.8 Å². The van der Waals surface area contributed by atoms with Gasteiger partial charge in [0.05, 0.1) is 23.3 Å². The number of nitrogens with one attached hydrogen (secondary N) is 2. The third kappa shape index (κ3) is 4.80. The summed E-state index contributed by atoms with van der Waals surface area (Å²) in [5, 5.41) is 6.60. The first-order chi connectivity index (χ1) is 15.7. The molecule has 0 aliphatic carbocycles. The van der Waals surface area contributed by atoms with Crippen LogP contribution in [0.3, 0.4) is 0 Å². The molecule has 164 valence electrons. The number of hydrogen-bond donors (Lipinski definition) is 2. The highest BCUT2D eigenvalue weighted by molar-refractivity contribution is 5.79. The lowest BCUT2D eigenvalue weighted by molar-refractivity contribution is -0.143. The number of fused-ring (bicyclic) bond motifs is 1. The van der Waals surface area contributed by atoms with Crippen molar-refractivity contribution in [3.05, 3.63) is 66.9 Å². The molecule has 2 aromatic carbocycles. The zero-order valence-corrected chi connectivity index (χ0v) is 18.0. The average Bonchev–Trinajstić information content (AvgIpc) is 3.13. The summed E-state index contributed by atoms with van der Waals surface area (Å²) in [7, 11) is 0. The molecule has 8 nitrogen and oxygen atoms in total. The van der Waals surface area contributed by atoms with Gasteiger partial charge >= 0.3 is 12.0 Å². The Kier molecular flexibility index (Phi) is 6.50. The molecule has 0 aliphatic rings. The van der Waals surface area contributed by atoms with Gasteiger partial charge in [0.25, 0.3) is 0 Å². The summed E-state index contributed by atoms with van der Waals surface area (Å²) < 4.78 is 12.9. The van der Waals surface area contributed by atoms with Gasteiger partial charge in [-0.25, -0.2) is 4.98 Å². The Morgan fingerprint density at radius 2 is 1.84 bits per heavy atom. The van der Waals surface area contributed by atoms with E-state index in [0.717, 1.165) is 34.8 Å². The van der Waals surface area contributed by atoms with Gasteiger partial charge in [-0.2, -0.15) is 4.98 Å². The SMILES string of the molecule is CCNc1cccnc1Nc1ccc(Oc2nc3ccccc3n2CC(=O)OCC)cc1. The van der Waals surface area contributed by atoms with Crippen LogP contribution in [-0.4, -0.2) is 33.7 Å². The molecule has 8 heteroatoms. The first kappa shape index (κ1) is 21.2. The van der Waals surface area contributed by atoms with Gasteiger partial charge in [0.15, 0.2) is 5.82 Å². The van der Waals surface area contributed by atoms with Crippen molar-refractivity contribution < 1.29 is 14.3 Å². The topological polar surface area (TPSA) is 90.3 Å². The van der Waals surface area contributed by atoms with E-state index in [9.17, 15) is 4.79 Å². The van der Waals surface area contributed by atoms with Crippen molar-refractivity contribution >= 4 is 34.2 Å². The molecule has 0 saturated heterocycles. The molecule has 0 spiro atoms. The maximum atomic E-state index is 12.1. The number of ether oxygens (including phenoxy) is 2. The lowest BCUT2D eigenvalue weighted by Gasteiger charge is -2.12. The van der Waals surface area contributed by atoms with Crippen LogP contribution in [0.1, 0.15) is 13.8 Å². The fourth-order valence-corrected chi connectivity index (χ4v) is 3.31. The number of imidazole rings is 1. The van der Waals surface area contributed by atoms with Crippen LogP contribution in [0.25, 0.3) is 11.0 Å². The largest absolute Gasteiger partial charge is 0.465 e. The molecule has 0 aliphatic heterocycles. The summed E-state index contributed by atoms with van der Waals surface area (Å²) in [5.41, 5.74) is 3.36. The molecule has 0 bridgehead atoms. The second-order valence-electron chi connectivity index (χ2n) is 6.96. The molecule has 0 fully saturated rings. The Hall–Kier alpha value is -4.07. The van der Waals surface area contributed by atoms with Gasteiger partial charge in [-0.3, -0.25) is 9.36 Å². The van der Waals surface area contributed by atoms with E-state index in [1.165, 1.54) is 0 Å². The Labute approximate surface area is 186 Å². The Balaban J connectivity index is 1.54. The van der Waals surface area contributed by atoms with Crippen LogP contribution in [-0.2, 0) is 16.1 Å². The summed E-state index contributed by atoms with van der Waals surface area (Å²) in [6.45, 7) is 4.97. The summed E-state index contributed by atoms with van der Waals surface area (Å²) in [5.74, 6) is 1.01. The van der Waals surface area contributed by atoms with Crippen LogP contribution in [0, 0.1) is 0 Å². The maximum Gasteiger partial charge on any atom is 0.326 e. The summed E-state index contributed by atoms with van der Waals surface area (Å²) >= 11 is 0. The normalized spacial score (nSPS) is 10.7. The minimum Gasteiger partial charge on any atom is -0.465 e. The average molecular weight is 431 g/mol. The minimum absolute atomic E-state index is 0.0240. The molecule has 0 amide bonds. The number of esters is 1. The molecule has 2 heterocycles. The number of hydrogen-bond acceptors (Lipinski definition) is 7. The molecule has 2 N–H and O–H groups in total. The molecular weight excluding hydrogens is 406 g/mol. The highest BCUT2D eigenvalue weighted by atomic mass is 16.5. The van der Waals surface area contributed by atoms with Gasteiger partial charge in [0.2, 0.25) is 0 Å². The molecule has 0 unspecified atom stereocenters. The molecular formula is C24H25N5O3. The third-order valence-corrected chi connectivity index (χ3v) is 4.71.